The maximum atomic E-state index is 11.7. The highest BCUT2D eigenvalue weighted by atomic mass is 35.5. The van der Waals surface area contributed by atoms with Crippen LogP contribution in [-0.4, -0.2) is 49.8 Å². The van der Waals surface area contributed by atoms with Gasteiger partial charge in [0.25, 0.3) is 0 Å². The van der Waals surface area contributed by atoms with Gasteiger partial charge in [0.2, 0.25) is 0 Å². The molecule has 0 aliphatic heterocycles. The smallest absolute Gasteiger partial charge is 0.312 e. The number of carboxylic acids is 1. The second-order valence-electron chi connectivity index (χ2n) is 6.10. The molecule has 0 radical (unpaired) electrons. The van der Waals surface area contributed by atoms with Crippen molar-refractivity contribution in [1.29, 1.82) is 0 Å². The maximum absolute atomic E-state index is 11.7. The number of nitrogens with zero attached hydrogens (tertiary/aromatic N) is 1. The fraction of sp³-hybridized carbons (Fsp3) is 0.421. The molecular formula is C19H24ClNO4S. The Morgan fingerprint density at radius 1 is 1.35 bits per heavy atom. The van der Waals surface area contributed by atoms with Crippen molar-refractivity contribution < 1.29 is 19.4 Å². The molecule has 1 aromatic carbocycles. The van der Waals surface area contributed by atoms with E-state index in [-0.39, 0.29) is 0 Å². The van der Waals surface area contributed by atoms with Crippen molar-refractivity contribution in [3.05, 3.63) is 45.1 Å². The van der Waals surface area contributed by atoms with Crippen LogP contribution in [0.5, 0.6) is 11.5 Å². The third-order valence-electron chi connectivity index (χ3n) is 3.78. The number of likely N-dealkylation sites (N-methyl/N-ethyl adjacent to an activating group) is 1. The van der Waals surface area contributed by atoms with Crippen LogP contribution in [0.3, 0.4) is 0 Å². The van der Waals surface area contributed by atoms with E-state index in [4.69, 9.17) is 21.1 Å². The van der Waals surface area contributed by atoms with Crippen molar-refractivity contribution in [2.45, 2.75) is 19.3 Å². The van der Waals surface area contributed by atoms with Gasteiger partial charge < -0.3 is 19.5 Å². The van der Waals surface area contributed by atoms with Crippen LogP contribution in [-0.2, 0) is 11.2 Å². The molecule has 26 heavy (non-hydrogen) atoms. The molecule has 0 aliphatic carbocycles. The van der Waals surface area contributed by atoms with E-state index in [9.17, 15) is 9.90 Å². The van der Waals surface area contributed by atoms with Gasteiger partial charge in [0.1, 0.15) is 6.61 Å². The molecule has 5 nitrogen and oxygen atoms in total. The first-order chi connectivity index (χ1) is 12.4. The summed E-state index contributed by atoms with van der Waals surface area (Å²) in [6.07, 6.45) is 0.341. The Labute approximate surface area is 163 Å². The number of carboxylic acid groups (broad SMARTS) is 1. The normalized spacial score (nSPS) is 12.2. The van der Waals surface area contributed by atoms with E-state index in [1.54, 1.807) is 6.07 Å². The first-order valence-electron chi connectivity index (χ1n) is 8.41. The van der Waals surface area contributed by atoms with E-state index in [0.29, 0.717) is 36.2 Å². The van der Waals surface area contributed by atoms with Crippen molar-refractivity contribution in [3.8, 4) is 11.5 Å². The van der Waals surface area contributed by atoms with Crippen molar-refractivity contribution in [2.24, 2.45) is 0 Å². The largest absolute Gasteiger partial charge is 0.490 e. The molecule has 0 fully saturated rings. The Morgan fingerprint density at radius 2 is 2.12 bits per heavy atom. The molecule has 1 unspecified atom stereocenters. The highest BCUT2D eigenvalue weighted by molar-refractivity contribution is 7.10. The van der Waals surface area contributed by atoms with Crippen LogP contribution in [0.4, 0.5) is 0 Å². The number of ether oxygens (including phenoxy) is 2. The predicted molar refractivity (Wildman–Crippen MR) is 105 cm³/mol. The number of hydrogen-bond acceptors (Lipinski definition) is 5. The average molecular weight is 398 g/mol. The minimum Gasteiger partial charge on any atom is -0.490 e. The summed E-state index contributed by atoms with van der Waals surface area (Å²) >= 11 is 7.85. The van der Waals surface area contributed by atoms with Crippen molar-refractivity contribution in [1.82, 2.24) is 4.90 Å². The van der Waals surface area contributed by atoms with Crippen LogP contribution in [0.1, 0.15) is 23.3 Å². The molecule has 0 amide bonds. The maximum Gasteiger partial charge on any atom is 0.312 e. The van der Waals surface area contributed by atoms with Gasteiger partial charge in [-0.2, -0.15) is 0 Å². The molecule has 2 aromatic rings. The van der Waals surface area contributed by atoms with Gasteiger partial charge in [-0.15, -0.1) is 11.3 Å². The number of thiophene rings is 1. The van der Waals surface area contributed by atoms with E-state index < -0.39 is 11.9 Å². The predicted octanol–water partition coefficient (Wildman–Crippen LogP) is 4.15. The molecule has 1 heterocycles. The molecule has 0 saturated carbocycles. The van der Waals surface area contributed by atoms with Gasteiger partial charge >= 0.3 is 5.97 Å². The molecule has 1 N–H and O–H groups in total. The van der Waals surface area contributed by atoms with Crippen LogP contribution in [0.25, 0.3) is 0 Å². The van der Waals surface area contributed by atoms with E-state index in [0.717, 1.165) is 17.0 Å². The Balaban J connectivity index is 2.25. The van der Waals surface area contributed by atoms with Crippen LogP contribution < -0.4 is 9.47 Å². The van der Waals surface area contributed by atoms with Crippen molar-refractivity contribution >= 4 is 28.9 Å². The number of benzene rings is 1. The van der Waals surface area contributed by atoms with E-state index >= 15 is 0 Å². The van der Waals surface area contributed by atoms with E-state index in [2.05, 4.69) is 0 Å². The number of halogens is 1. The summed E-state index contributed by atoms with van der Waals surface area (Å²) < 4.78 is 11.5. The lowest BCUT2D eigenvalue weighted by molar-refractivity contribution is -0.138. The molecule has 1 atom stereocenters. The summed E-state index contributed by atoms with van der Waals surface area (Å²) in [5, 5.41) is 11.9. The second kappa shape index (κ2) is 9.80. The monoisotopic (exact) mass is 397 g/mol. The molecular weight excluding hydrogens is 374 g/mol. The molecule has 1 aromatic heterocycles. The molecule has 0 aliphatic rings. The van der Waals surface area contributed by atoms with E-state index in [1.807, 2.05) is 49.5 Å². The summed E-state index contributed by atoms with van der Waals surface area (Å²) in [6, 6.07) is 7.28. The summed E-state index contributed by atoms with van der Waals surface area (Å²) in [6.45, 7) is 3.59. The van der Waals surface area contributed by atoms with Gasteiger partial charge in [0.05, 0.1) is 17.5 Å². The zero-order chi connectivity index (χ0) is 19.1. The first-order valence-corrected chi connectivity index (χ1v) is 9.67. The molecule has 0 saturated heterocycles. The quantitative estimate of drug-likeness (QED) is 0.652. The lowest BCUT2D eigenvalue weighted by Crippen LogP contribution is -2.19. The van der Waals surface area contributed by atoms with Crippen LogP contribution >= 0.6 is 22.9 Å². The fourth-order valence-corrected chi connectivity index (χ4v) is 3.62. The molecule has 7 heteroatoms. The highest BCUT2D eigenvalue weighted by Gasteiger charge is 2.23. The molecule has 0 bridgehead atoms. The Morgan fingerprint density at radius 3 is 2.69 bits per heavy atom. The first kappa shape index (κ1) is 20.6. The Kier molecular flexibility index (Phi) is 7.75. The zero-order valence-corrected chi connectivity index (χ0v) is 16.8. The molecule has 2 rings (SSSR count). The average Bonchev–Trinajstić information content (AvgIpc) is 3.08. The van der Waals surface area contributed by atoms with Crippen molar-refractivity contribution in [2.75, 3.05) is 33.9 Å². The number of rotatable bonds is 10. The number of hydrogen-bond donors (Lipinski definition) is 1. The van der Waals surface area contributed by atoms with Crippen LogP contribution in [0.15, 0.2) is 29.6 Å². The zero-order valence-electron chi connectivity index (χ0n) is 15.2. The van der Waals surface area contributed by atoms with Gasteiger partial charge in [-0.1, -0.05) is 17.7 Å². The topological polar surface area (TPSA) is 59.0 Å². The van der Waals surface area contributed by atoms with Crippen LogP contribution in [0, 0.1) is 0 Å². The van der Waals surface area contributed by atoms with Gasteiger partial charge in [-0.3, -0.25) is 4.79 Å². The van der Waals surface area contributed by atoms with E-state index in [1.165, 1.54) is 11.3 Å². The van der Waals surface area contributed by atoms with Crippen molar-refractivity contribution in [3.63, 3.8) is 0 Å². The standard InChI is InChI=1S/C19H24ClNO4S/c1-4-24-16-12-13(10-14(19(22)23)17-6-5-9-26-17)11-15(20)18(16)25-8-7-21(2)3/h5-6,9,11-12,14H,4,7-8,10H2,1-3H3,(H,22,23). The lowest BCUT2D eigenvalue weighted by atomic mass is 9.97. The Hall–Kier alpha value is -1.76. The number of carbonyl (C=O) groups is 1. The third-order valence-corrected chi connectivity index (χ3v) is 5.05. The van der Waals surface area contributed by atoms with Gasteiger partial charge in [-0.05, 0) is 56.6 Å². The fourth-order valence-electron chi connectivity index (χ4n) is 2.51. The lowest BCUT2D eigenvalue weighted by Gasteiger charge is -2.18. The summed E-state index contributed by atoms with van der Waals surface area (Å²) in [5.74, 6) is -0.417. The number of aliphatic carboxylic acids is 1. The van der Waals surface area contributed by atoms with Crippen LogP contribution in [0.2, 0.25) is 5.02 Å². The Bertz CT molecular complexity index is 719. The SMILES string of the molecule is CCOc1cc(CC(C(=O)O)c2cccs2)cc(Cl)c1OCCN(C)C. The minimum absolute atomic E-state index is 0.341. The minimum atomic E-state index is -0.854. The second-order valence-corrected chi connectivity index (χ2v) is 7.49. The van der Waals surface area contributed by atoms with Gasteiger partial charge in [-0.25, -0.2) is 0 Å². The summed E-state index contributed by atoms with van der Waals surface area (Å²) in [7, 11) is 3.93. The third kappa shape index (κ3) is 5.62. The molecule has 142 valence electrons. The molecule has 0 spiro atoms. The van der Waals surface area contributed by atoms with Gasteiger partial charge in [0, 0.05) is 11.4 Å². The van der Waals surface area contributed by atoms with Gasteiger partial charge in [0.15, 0.2) is 11.5 Å². The highest BCUT2D eigenvalue weighted by Crippen LogP contribution is 2.38. The summed E-state index contributed by atoms with van der Waals surface area (Å²) in [4.78, 5) is 14.5. The summed E-state index contributed by atoms with van der Waals surface area (Å²) in [5.41, 5.74) is 0.805.